The van der Waals surface area contributed by atoms with E-state index in [9.17, 15) is 4.79 Å². The molecule has 0 aromatic rings. The highest BCUT2D eigenvalue weighted by atomic mass is 16.5. The highest BCUT2D eigenvalue weighted by Gasteiger charge is 2.12. The van der Waals surface area contributed by atoms with E-state index in [1.165, 1.54) is 45.6 Å². The summed E-state index contributed by atoms with van der Waals surface area (Å²) in [5.41, 5.74) is 0. The number of carbonyl (C=O) groups is 1. The maximum atomic E-state index is 10.8. The molecule has 0 aromatic carbocycles. The highest BCUT2D eigenvalue weighted by Crippen LogP contribution is 2.25. The van der Waals surface area contributed by atoms with Crippen LogP contribution in [0, 0.1) is 5.92 Å². The van der Waals surface area contributed by atoms with Gasteiger partial charge in [0.15, 0.2) is 0 Å². The molecule has 3 heteroatoms. The van der Waals surface area contributed by atoms with Crippen LogP contribution in [0.2, 0.25) is 0 Å². The van der Waals surface area contributed by atoms with Crippen molar-refractivity contribution in [3.05, 3.63) is 0 Å². The second-order valence-corrected chi connectivity index (χ2v) is 4.05. The van der Waals surface area contributed by atoms with E-state index in [1.807, 2.05) is 0 Å². The van der Waals surface area contributed by atoms with Crippen molar-refractivity contribution in [2.45, 2.75) is 38.5 Å². The van der Waals surface area contributed by atoms with E-state index in [0.717, 1.165) is 12.5 Å². The Labute approximate surface area is 86.2 Å². The molecular weight excluding hydrogens is 178 g/mol. The number of esters is 1. The van der Waals surface area contributed by atoms with Gasteiger partial charge in [0.1, 0.15) is 0 Å². The van der Waals surface area contributed by atoms with Crippen molar-refractivity contribution in [3.8, 4) is 0 Å². The molecule has 0 saturated heterocycles. The second-order valence-electron chi connectivity index (χ2n) is 4.05. The third-order valence-electron chi connectivity index (χ3n) is 2.95. The van der Waals surface area contributed by atoms with Crippen LogP contribution in [-0.4, -0.2) is 26.2 Å². The predicted octanol–water partition coefficient (Wildman–Crippen LogP) is 1.72. The van der Waals surface area contributed by atoms with E-state index in [2.05, 4.69) is 10.1 Å². The van der Waals surface area contributed by atoms with Crippen molar-refractivity contribution < 1.29 is 9.53 Å². The molecule has 0 aliphatic heterocycles. The van der Waals surface area contributed by atoms with E-state index < -0.39 is 0 Å². The Morgan fingerprint density at radius 3 is 2.71 bits per heavy atom. The maximum absolute atomic E-state index is 10.8. The maximum Gasteiger partial charge on any atom is 0.319 e. The van der Waals surface area contributed by atoms with Crippen LogP contribution >= 0.6 is 0 Å². The summed E-state index contributed by atoms with van der Waals surface area (Å²) in [6.45, 7) is 1.29. The minimum absolute atomic E-state index is 0.173. The molecule has 1 fully saturated rings. The molecule has 0 amide bonds. The van der Waals surface area contributed by atoms with E-state index in [-0.39, 0.29) is 5.97 Å². The van der Waals surface area contributed by atoms with Gasteiger partial charge in [-0.25, -0.2) is 0 Å². The van der Waals surface area contributed by atoms with Gasteiger partial charge in [-0.1, -0.05) is 32.1 Å². The zero-order valence-electron chi connectivity index (χ0n) is 9.05. The molecule has 0 atom stereocenters. The molecule has 14 heavy (non-hydrogen) atoms. The average molecular weight is 199 g/mol. The lowest BCUT2D eigenvalue weighted by Gasteiger charge is -2.21. The minimum atomic E-state index is -0.173. The smallest absolute Gasteiger partial charge is 0.319 e. The van der Waals surface area contributed by atoms with Gasteiger partial charge in [-0.2, -0.15) is 0 Å². The van der Waals surface area contributed by atoms with E-state index in [4.69, 9.17) is 0 Å². The van der Waals surface area contributed by atoms with Crippen LogP contribution in [0.3, 0.4) is 0 Å². The van der Waals surface area contributed by atoms with E-state index in [0.29, 0.717) is 6.54 Å². The number of hydrogen-bond acceptors (Lipinski definition) is 3. The van der Waals surface area contributed by atoms with Gasteiger partial charge < -0.3 is 10.1 Å². The summed E-state index contributed by atoms with van der Waals surface area (Å²) in [6, 6.07) is 0. The van der Waals surface area contributed by atoms with Crippen LogP contribution in [0.1, 0.15) is 38.5 Å². The Bertz CT molecular complexity index is 165. The van der Waals surface area contributed by atoms with Gasteiger partial charge in [0.25, 0.3) is 0 Å². The monoisotopic (exact) mass is 199 g/mol. The predicted molar refractivity (Wildman–Crippen MR) is 56.1 cm³/mol. The quantitative estimate of drug-likeness (QED) is 0.541. The topological polar surface area (TPSA) is 38.3 Å². The first-order valence-electron chi connectivity index (χ1n) is 5.60. The highest BCUT2D eigenvalue weighted by molar-refractivity contribution is 5.71. The van der Waals surface area contributed by atoms with Gasteiger partial charge in [-0.3, -0.25) is 4.79 Å². The molecule has 0 radical (unpaired) electrons. The fourth-order valence-electron chi connectivity index (χ4n) is 2.04. The fourth-order valence-corrected chi connectivity index (χ4v) is 2.04. The van der Waals surface area contributed by atoms with Gasteiger partial charge in [-0.05, 0) is 18.9 Å². The first-order valence-corrected chi connectivity index (χ1v) is 5.60. The van der Waals surface area contributed by atoms with Crippen LogP contribution < -0.4 is 5.32 Å². The molecule has 1 saturated carbocycles. The lowest BCUT2D eigenvalue weighted by Crippen LogP contribution is -2.26. The summed E-state index contributed by atoms with van der Waals surface area (Å²) in [5, 5.41) is 3.11. The number of nitrogens with one attached hydrogen (secondary N) is 1. The van der Waals surface area contributed by atoms with Gasteiger partial charge in [-0.15, -0.1) is 0 Å². The normalized spacial score (nSPS) is 18.1. The molecule has 0 unspecified atom stereocenters. The SMILES string of the molecule is COC(=O)CNCCC1CCCCC1. The third kappa shape index (κ3) is 4.61. The Morgan fingerprint density at radius 2 is 2.07 bits per heavy atom. The average Bonchev–Trinajstić information content (AvgIpc) is 2.25. The summed E-state index contributed by atoms with van der Waals surface area (Å²) in [4.78, 5) is 10.8. The molecule has 1 aliphatic rings. The zero-order chi connectivity index (χ0) is 10.2. The summed E-state index contributed by atoms with van der Waals surface area (Å²) in [6.07, 6.45) is 8.15. The Kier molecular flexibility index (Phi) is 5.60. The molecule has 3 nitrogen and oxygen atoms in total. The van der Waals surface area contributed by atoms with Crippen LogP contribution in [0.15, 0.2) is 0 Å². The molecule has 0 heterocycles. The Balaban J connectivity index is 1.94. The van der Waals surface area contributed by atoms with Gasteiger partial charge >= 0.3 is 5.97 Å². The zero-order valence-corrected chi connectivity index (χ0v) is 9.05. The van der Waals surface area contributed by atoms with Crippen LogP contribution in [0.4, 0.5) is 0 Å². The van der Waals surface area contributed by atoms with E-state index in [1.54, 1.807) is 0 Å². The summed E-state index contributed by atoms with van der Waals surface area (Å²) in [7, 11) is 1.42. The van der Waals surface area contributed by atoms with Crippen LogP contribution in [0.5, 0.6) is 0 Å². The minimum Gasteiger partial charge on any atom is -0.468 e. The van der Waals surface area contributed by atoms with E-state index >= 15 is 0 Å². The van der Waals surface area contributed by atoms with Crippen molar-refractivity contribution in [3.63, 3.8) is 0 Å². The molecule has 0 bridgehead atoms. The molecule has 82 valence electrons. The molecule has 1 aliphatic carbocycles. The first-order chi connectivity index (χ1) is 6.83. The largest absolute Gasteiger partial charge is 0.468 e. The van der Waals surface area contributed by atoms with Crippen molar-refractivity contribution in [2.24, 2.45) is 5.92 Å². The number of carbonyl (C=O) groups excluding carboxylic acids is 1. The van der Waals surface area contributed by atoms with Crippen molar-refractivity contribution >= 4 is 5.97 Å². The number of ether oxygens (including phenoxy) is 1. The fraction of sp³-hybridized carbons (Fsp3) is 0.909. The van der Waals surface area contributed by atoms with Crippen molar-refractivity contribution in [2.75, 3.05) is 20.2 Å². The Morgan fingerprint density at radius 1 is 1.36 bits per heavy atom. The Hall–Kier alpha value is -0.570. The molecule has 0 aromatic heterocycles. The van der Waals surface area contributed by atoms with Gasteiger partial charge in [0.2, 0.25) is 0 Å². The van der Waals surface area contributed by atoms with Gasteiger partial charge in [0.05, 0.1) is 13.7 Å². The first kappa shape index (κ1) is 11.5. The lowest BCUT2D eigenvalue weighted by atomic mass is 9.87. The summed E-state index contributed by atoms with van der Waals surface area (Å²) in [5.74, 6) is 0.711. The standard InChI is InChI=1S/C11H21NO2/c1-14-11(13)9-12-8-7-10-5-3-2-4-6-10/h10,12H,2-9H2,1H3. The molecule has 1 rings (SSSR count). The number of hydrogen-bond donors (Lipinski definition) is 1. The third-order valence-corrected chi connectivity index (χ3v) is 2.95. The summed E-state index contributed by atoms with van der Waals surface area (Å²) < 4.78 is 4.54. The molecule has 0 spiro atoms. The lowest BCUT2D eigenvalue weighted by molar-refractivity contribution is -0.139. The molecular formula is C11H21NO2. The van der Waals surface area contributed by atoms with Crippen molar-refractivity contribution in [1.82, 2.24) is 5.32 Å². The number of methoxy groups -OCH3 is 1. The molecule has 1 N–H and O–H groups in total. The van der Waals surface area contributed by atoms with Gasteiger partial charge in [0, 0.05) is 0 Å². The second kappa shape index (κ2) is 6.82. The number of rotatable bonds is 5. The van der Waals surface area contributed by atoms with Crippen LogP contribution in [-0.2, 0) is 9.53 Å². The summed E-state index contributed by atoms with van der Waals surface area (Å²) >= 11 is 0. The van der Waals surface area contributed by atoms with Crippen molar-refractivity contribution in [1.29, 1.82) is 0 Å². The van der Waals surface area contributed by atoms with Crippen LogP contribution in [0.25, 0.3) is 0 Å².